The number of aromatic amines is 1. The van der Waals surface area contributed by atoms with Crippen molar-refractivity contribution >= 4 is 12.2 Å². The highest BCUT2D eigenvalue weighted by molar-refractivity contribution is 7.71. The lowest BCUT2D eigenvalue weighted by Gasteiger charge is -2.05. The highest BCUT2D eigenvalue weighted by Crippen LogP contribution is 2.13. The van der Waals surface area contributed by atoms with Crippen LogP contribution in [0.15, 0.2) is 18.3 Å². The number of methoxy groups -OCH3 is 1. The molecule has 0 aliphatic heterocycles. The summed E-state index contributed by atoms with van der Waals surface area (Å²) >= 11 is 5.06. The lowest BCUT2D eigenvalue weighted by atomic mass is 10.4. The lowest BCUT2D eigenvalue weighted by molar-refractivity contribution is 0.268. The molecule has 0 amide bonds. The average molecular weight is 238 g/mol. The summed E-state index contributed by atoms with van der Waals surface area (Å²) in [6.45, 7) is -0.195. The number of H-pyrrole nitrogens is 1. The molecular weight excluding hydrogens is 228 g/mol. The average Bonchev–Trinajstić information content (AvgIpc) is 2.70. The summed E-state index contributed by atoms with van der Waals surface area (Å²) in [5.41, 5.74) is 0.726. The van der Waals surface area contributed by atoms with Gasteiger partial charge in [-0.3, -0.25) is 9.67 Å². The smallest absolute Gasteiger partial charge is 0.213 e. The Balaban J connectivity index is 2.49. The fourth-order valence-electron chi connectivity index (χ4n) is 1.33. The quantitative estimate of drug-likeness (QED) is 0.774. The zero-order valence-electron chi connectivity index (χ0n) is 8.54. The summed E-state index contributed by atoms with van der Waals surface area (Å²) in [5, 5.41) is 15.6. The molecule has 0 aliphatic carbocycles. The van der Waals surface area contributed by atoms with E-state index in [9.17, 15) is 0 Å². The zero-order valence-corrected chi connectivity index (χ0v) is 9.36. The Morgan fingerprint density at radius 2 is 2.38 bits per heavy atom. The van der Waals surface area contributed by atoms with Gasteiger partial charge in [-0.05, 0) is 18.3 Å². The van der Waals surface area contributed by atoms with Gasteiger partial charge in [0.1, 0.15) is 6.61 Å². The maximum Gasteiger partial charge on any atom is 0.213 e. The van der Waals surface area contributed by atoms with Crippen molar-refractivity contribution in [2.24, 2.45) is 0 Å². The van der Waals surface area contributed by atoms with E-state index in [2.05, 4.69) is 15.2 Å². The van der Waals surface area contributed by atoms with Crippen LogP contribution in [-0.4, -0.2) is 32.0 Å². The molecule has 7 heteroatoms. The minimum absolute atomic E-state index is 0.195. The van der Waals surface area contributed by atoms with Gasteiger partial charge >= 0.3 is 0 Å². The molecule has 0 bridgehead atoms. The molecular formula is C9H10N4O2S. The second-order valence-electron chi connectivity index (χ2n) is 3.00. The molecule has 0 saturated heterocycles. The van der Waals surface area contributed by atoms with E-state index in [0.717, 1.165) is 5.69 Å². The molecule has 0 spiro atoms. The van der Waals surface area contributed by atoms with E-state index < -0.39 is 0 Å². The van der Waals surface area contributed by atoms with Gasteiger partial charge in [-0.25, -0.2) is 4.98 Å². The number of aliphatic hydroxyl groups is 1. The molecule has 16 heavy (non-hydrogen) atoms. The number of hydrogen-bond donors (Lipinski definition) is 2. The fourth-order valence-corrected chi connectivity index (χ4v) is 1.58. The van der Waals surface area contributed by atoms with Crippen LogP contribution in [0, 0.1) is 4.77 Å². The Morgan fingerprint density at radius 1 is 1.56 bits per heavy atom. The highest BCUT2D eigenvalue weighted by atomic mass is 32.1. The summed E-state index contributed by atoms with van der Waals surface area (Å²) in [6, 6.07) is 3.50. The molecule has 6 nitrogen and oxygen atoms in total. The van der Waals surface area contributed by atoms with Gasteiger partial charge in [-0.1, -0.05) is 0 Å². The van der Waals surface area contributed by atoms with Crippen LogP contribution >= 0.6 is 12.2 Å². The van der Waals surface area contributed by atoms with Crippen LogP contribution in [0.5, 0.6) is 5.88 Å². The number of rotatable bonds is 3. The first-order valence-electron chi connectivity index (χ1n) is 4.54. The van der Waals surface area contributed by atoms with Gasteiger partial charge in [0.25, 0.3) is 0 Å². The summed E-state index contributed by atoms with van der Waals surface area (Å²) < 4.78 is 6.98. The summed E-state index contributed by atoms with van der Waals surface area (Å²) in [4.78, 5) is 4.06. The van der Waals surface area contributed by atoms with E-state index in [-0.39, 0.29) is 6.61 Å². The van der Waals surface area contributed by atoms with Crippen LogP contribution < -0.4 is 4.74 Å². The second kappa shape index (κ2) is 4.42. The maximum absolute atomic E-state index is 9.10. The predicted molar refractivity (Wildman–Crippen MR) is 59.0 cm³/mol. The molecule has 2 rings (SSSR count). The first-order valence-corrected chi connectivity index (χ1v) is 4.94. The first-order chi connectivity index (χ1) is 7.76. The summed E-state index contributed by atoms with van der Waals surface area (Å²) in [6.07, 6.45) is 1.60. The molecule has 0 unspecified atom stereocenters. The van der Waals surface area contributed by atoms with Crippen molar-refractivity contribution in [3.63, 3.8) is 0 Å². The normalized spacial score (nSPS) is 10.4. The molecule has 2 heterocycles. The van der Waals surface area contributed by atoms with E-state index in [1.807, 2.05) is 0 Å². The molecule has 0 fully saturated rings. The molecule has 0 radical (unpaired) electrons. The van der Waals surface area contributed by atoms with Crippen molar-refractivity contribution in [3.05, 3.63) is 28.9 Å². The van der Waals surface area contributed by atoms with Crippen LogP contribution in [0.1, 0.15) is 5.82 Å². The van der Waals surface area contributed by atoms with Gasteiger partial charge in [-0.2, -0.15) is 5.10 Å². The Hall–Kier alpha value is -1.73. The van der Waals surface area contributed by atoms with Gasteiger partial charge in [0, 0.05) is 6.07 Å². The third-order valence-corrected chi connectivity index (χ3v) is 2.35. The molecule has 2 aromatic heterocycles. The van der Waals surface area contributed by atoms with E-state index >= 15 is 0 Å². The van der Waals surface area contributed by atoms with Crippen molar-refractivity contribution in [3.8, 4) is 11.6 Å². The van der Waals surface area contributed by atoms with E-state index in [4.69, 9.17) is 22.1 Å². The Bertz CT molecular complexity index is 531. The lowest BCUT2D eigenvalue weighted by Crippen LogP contribution is -2.02. The minimum Gasteiger partial charge on any atom is -0.481 e. The first kappa shape index (κ1) is 10.8. The number of nitrogens with one attached hydrogen (secondary N) is 1. The van der Waals surface area contributed by atoms with Gasteiger partial charge in [0.05, 0.1) is 19.0 Å². The largest absolute Gasteiger partial charge is 0.481 e. The second-order valence-corrected chi connectivity index (χ2v) is 3.38. The summed E-state index contributed by atoms with van der Waals surface area (Å²) in [5.74, 6) is 0.960. The molecule has 0 aromatic carbocycles. The zero-order chi connectivity index (χ0) is 11.5. The van der Waals surface area contributed by atoms with Crippen molar-refractivity contribution < 1.29 is 9.84 Å². The molecule has 2 N–H and O–H groups in total. The monoisotopic (exact) mass is 238 g/mol. The molecule has 0 atom stereocenters. The van der Waals surface area contributed by atoms with Crippen LogP contribution in [0.25, 0.3) is 5.69 Å². The van der Waals surface area contributed by atoms with Crippen molar-refractivity contribution in [2.75, 3.05) is 7.11 Å². The van der Waals surface area contributed by atoms with Gasteiger partial charge in [0.15, 0.2) is 10.6 Å². The maximum atomic E-state index is 9.10. The van der Waals surface area contributed by atoms with Crippen molar-refractivity contribution in [2.45, 2.75) is 6.61 Å². The van der Waals surface area contributed by atoms with E-state index in [1.165, 1.54) is 0 Å². The SMILES string of the molecule is COc1ccc(-n2c(CO)n[nH]c2=S)cn1. The number of hydrogen-bond acceptors (Lipinski definition) is 5. The van der Waals surface area contributed by atoms with E-state index in [1.54, 1.807) is 30.0 Å². The van der Waals surface area contributed by atoms with Crippen LogP contribution in [0.2, 0.25) is 0 Å². The summed E-state index contributed by atoms with van der Waals surface area (Å²) in [7, 11) is 1.55. The van der Waals surface area contributed by atoms with E-state index in [0.29, 0.717) is 16.5 Å². The highest BCUT2D eigenvalue weighted by Gasteiger charge is 2.07. The predicted octanol–water partition coefficient (Wildman–Crippen LogP) is 0.826. The molecule has 2 aromatic rings. The Labute approximate surface area is 96.5 Å². The Kier molecular flexibility index (Phi) is 2.97. The third-order valence-electron chi connectivity index (χ3n) is 2.07. The number of aromatic nitrogens is 4. The number of aliphatic hydroxyl groups excluding tert-OH is 1. The minimum atomic E-state index is -0.195. The van der Waals surface area contributed by atoms with Crippen LogP contribution in [0.4, 0.5) is 0 Å². The fraction of sp³-hybridized carbons (Fsp3) is 0.222. The molecule has 0 saturated carbocycles. The Morgan fingerprint density at radius 3 is 2.94 bits per heavy atom. The number of pyridine rings is 1. The van der Waals surface area contributed by atoms with Gasteiger partial charge < -0.3 is 9.84 Å². The number of ether oxygens (including phenoxy) is 1. The van der Waals surface area contributed by atoms with Crippen LogP contribution in [-0.2, 0) is 6.61 Å². The molecule has 84 valence electrons. The third kappa shape index (κ3) is 1.82. The van der Waals surface area contributed by atoms with Crippen LogP contribution in [0.3, 0.4) is 0 Å². The number of nitrogens with zero attached hydrogens (tertiary/aromatic N) is 3. The molecule has 0 aliphatic rings. The topological polar surface area (TPSA) is 76.0 Å². The standard InChI is InChI=1S/C9H10N4O2S/c1-15-8-3-2-6(4-10-8)13-7(5-14)11-12-9(13)16/h2-4,14H,5H2,1H3,(H,12,16). The van der Waals surface area contributed by atoms with Crippen molar-refractivity contribution in [1.29, 1.82) is 0 Å². The van der Waals surface area contributed by atoms with Gasteiger partial charge in [-0.15, -0.1) is 0 Å². The van der Waals surface area contributed by atoms with Gasteiger partial charge in [0.2, 0.25) is 5.88 Å². The van der Waals surface area contributed by atoms with Crippen molar-refractivity contribution in [1.82, 2.24) is 19.7 Å².